The van der Waals surface area contributed by atoms with Crippen molar-refractivity contribution >= 4 is 16.9 Å². The molecule has 0 heterocycles. The van der Waals surface area contributed by atoms with Gasteiger partial charge >= 0.3 is 0 Å². The van der Waals surface area contributed by atoms with Gasteiger partial charge in [0.2, 0.25) is 0 Å². The van der Waals surface area contributed by atoms with Gasteiger partial charge in [0.05, 0.1) is 39.6 Å². The molecule has 0 spiro atoms. The molecular formula is C31H32NO4+. The molecule has 0 unspecified atom stereocenters. The number of benzene rings is 3. The van der Waals surface area contributed by atoms with Gasteiger partial charge in [0.1, 0.15) is 37.1 Å². The zero-order chi connectivity index (χ0) is 25.7. The number of methoxy groups -OCH3 is 4. The first-order chi connectivity index (χ1) is 17.5. The molecule has 0 aromatic heterocycles. The third kappa shape index (κ3) is 4.78. The van der Waals surface area contributed by atoms with Crippen LogP contribution in [0.1, 0.15) is 11.1 Å². The first-order valence-corrected chi connectivity index (χ1v) is 11.7. The summed E-state index contributed by atoms with van der Waals surface area (Å²) in [5.41, 5.74) is 4.87. The SMILES string of the molecule is COc1cccc(OC)c1C(c1c(OC)cccc1OC)=c1ccc(=C2C=CC(=[N+](C)C)C=C2)cc1. The Balaban J connectivity index is 2.07. The molecule has 0 aliphatic heterocycles. The molecule has 0 N–H and O–H groups in total. The Kier molecular flexibility index (Phi) is 7.59. The predicted molar refractivity (Wildman–Crippen MR) is 145 cm³/mol. The van der Waals surface area contributed by atoms with Crippen molar-refractivity contribution in [3.63, 3.8) is 0 Å². The molecule has 5 nitrogen and oxygen atoms in total. The summed E-state index contributed by atoms with van der Waals surface area (Å²) in [7, 11) is 10.7. The molecule has 3 aromatic rings. The Morgan fingerprint density at radius 1 is 0.556 bits per heavy atom. The summed E-state index contributed by atoms with van der Waals surface area (Å²) in [6, 6.07) is 20.0. The molecule has 0 saturated heterocycles. The van der Waals surface area contributed by atoms with Gasteiger partial charge in [-0.05, 0) is 52.4 Å². The minimum atomic E-state index is 0.695. The van der Waals surface area contributed by atoms with E-state index in [2.05, 4.69) is 53.1 Å². The van der Waals surface area contributed by atoms with Crippen LogP contribution in [-0.2, 0) is 0 Å². The third-order valence-electron chi connectivity index (χ3n) is 6.25. The van der Waals surface area contributed by atoms with E-state index >= 15 is 0 Å². The van der Waals surface area contributed by atoms with E-state index < -0.39 is 0 Å². The van der Waals surface area contributed by atoms with Gasteiger partial charge < -0.3 is 18.9 Å². The lowest BCUT2D eigenvalue weighted by Crippen LogP contribution is -2.16. The molecule has 36 heavy (non-hydrogen) atoms. The van der Waals surface area contributed by atoms with Gasteiger partial charge in [-0.1, -0.05) is 36.4 Å². The van der Waals surface area contributed by atoms with Crippen molar-refractivity contribution in [2.45, 2.75) is 0 Å². The van der Waals surface area contributed by atoms with Crippen molar-refractivity contribution < 1.29 is 23.5 Å². The smallest absolute Gasteiger partial charge is 0.199 e. The monoisotopic (exact) mass is 482 g/mol. The summed E-state index contributed by atoms with van der Waals surface area (Å²) in [4.78, 5) is 0. The molecular weight excluding hydrogens is 450 g/mol. The van der Waals surface area contributed by atoms with Gasteiger partial charge in [0.15, 0.2) is 5.71 Å². The highest BCUT2D eigenvalue weighted by molar-refractivity contribution is 6.05. The summed E-state index contributed by atoms with van der Waals surface area (Å²) in [5.74, 6) is 2.78. The molecule has 1 aliphatic rings. The lowest BCUT2D eigenvalue weighted by atomic mass is 9.92. The zero-order valence-electron chi connectivity index (χ0n) is 21.7. The summed E-state index contributed by atoms with van der Waals surface area (Å²) in [5, 5.41) is 2.11. The van der Waals surface area contributed by atoms with Crippen LogP contribution in [-0.4, -0.2) is 52.8 Å². The average molecular weight is 483 g/mol. The van der Waals surface area contributed by atoms with Crippen LogP contribution in [0.3, 0.4) is 0 Å². The molecule has 0 bridgehead atoms. The Hall–Kier alpha value is -4.25. The fraction of sp³-hybridized carbons (Fsp3) is 0.194. The van der Waals surface area contributed by atoms with Gasteiger partial charge in [0.25, 0.3) is 0 Å². The van der Waals surface area contributed by atoms with Crippen LogP contribution in [0.2, 0.25) is 0 Å². The van der Waals surface area contributed by atoms with Gasteiger partial charge in [0, 0.05) is 17.7 Å². The van der Waals surface area contributed by atoms with Gasteiger partial charge in [-0.15, -0.1) is 0 Å². The second-order valence-electron chi connectivity index (χ2n) is 8.47. The maximum atomic E-state index is 5.80. The summed E-state index contributed by atoms with van der Waals surface area (Å²) in [6.45, 7) is 0. The van der Waals surface area contributed by atoms with E-state index in [1.165, 1.54) is 0 Å². The van der Waals surface area contributed by atoms with Crippen LogP contribution < -0.4 is 29.4 Å². The fourth-order valence-corrected chi connectivity index (χ4v) is 4.39. The molecule has 0 saturated carbocycles. The molecule has 0 atom stereocenters. The fourth-order valence-electron chi connectivity index (χ4n) is 4.39. The largest absolute Gasteiger partial charge is 0.496 e. The molecule has 184 valence electrons. The maximum absolute atomic E-state index is 5.80. The minimum absolute atomic E-state index is 0.695. The van der Waals surface area contributed by atoms with Gasteiger partial charge in [-0.3, -0.25) is 0 Å². The Morgan fingerprint density at radius 3 is 1.33 bits per heavy atom. The van der Waals surface area contributed by atoms with Crippen molar-refractivity contribution in [2.75, 3.05) is 42.5 Å². The Bertz CT molecular complexity index is 1350. The Labute approximate surface area is 212 Å². The van der Waals surface area contributed by atoms with E-state index in [4.69, 9.17) is 18.9 Å². The summed E-state index contributed by atoms with van der Waals surface area (Å²) in [6.07, 6.45) is 8.53. The number of hydrogen-bond donors (Lipinski definition) is 0. The van der Waals surface area contributed by atoms with Crippen molar-refractivity contribution in [1.29, 1.82) is 0 Å². The van der Waals surface area contributed by atoms with Crippen molar-refractivity contribution in [3.05, 3.63) is 107 Å². The topological polar surface area (TPSA) is 39.9 Å². The number of ether oxygens (including phenoxy) is 4. The Morgan fingerprint density at radius 2 is 0.972 bits per heavy atom. The standard InChI is InChI=1S/C31H32NO4/c1-32(2)24-19-17-22(18-20-24)21-13-15-23(16-14-21)29(30-25(33-3)9-7-10-26(30)34-4)31-27(35-5)11-8-12-28(31)36-6/h7-20H,1-6H3/q+1. The maximum Gasteiger partial charge on any atom is 0.199 e. The van der Waals surface area contributed by atoms with Crippen LogP contribution in [0.5, 0.6) is 23.0 Å². The molecule has 0 radical (unpaired) electrons. The van der Waals surface area contributed by atoms with E-state index in [9.17, 15) is 0 Å². The summed E-state index contributed by atoms with van der Waals surface area (Å²) < 4.78 is 25.3. The van der Waals surface area contributed by atoms with E-state index in [0.29, 0.717) is 23.0 Å². The third-order valence-corrected chi connectivity index (χ3v) is 6.25. The molecule has 0 fully saturated rings. The van der Waals surface area contributed by atoms with E-state index in [0.717, 1.165) is 38.4 Å². The molecule has 3 aromatic carbocycles. The minimum Gasteiger partial charge on any atom is -0.496 e. The number of hydrogen-bond acceptors (Lipinski definition) is 4. The van der Waals surface area contributed by atoms with Gasteiger partial charge in [-0.25, -0.2) is 4.58 Å². The average Bonchev–Trinajstić information content (AvgIpc) is 2.93. The van der Waals surface area contributed by atoms with Crippen molar-refractivity contribution in [3.8, 4) is 23.0 Å². The van der Waals surface area contributed by atoms with Crippen molar-refractivity contribution in [2.24, 2.45) is 0 Å². The quantitative estimate of drug-likeness (QED) is 0.499. The van der Waals surface area contributed by atoms with Crippen LogP contribution in [0, 0.1) is 0 Å². The second-order valence-corrected chi connectivity index (χ2v) is 8.47. The normalized spacial score (nSPS) is 12.4. The number of nitrogens with zero attached hydrogens (tertiary/aromatic N) is 1. The van der Waals surface area contributed by atoms with Crippen molar-refractivity contribution in [1.82, 2.24) is 0 Å². The highest BCUT2D eigenvalue weighted by Gasteiger charge is 2.23. The molecule has 1 aliphatic carbocycles. The highest BCUT2D eigenvalue weighted by Crippen LogP contribution is 2.43. The highest BCUT2D eigenvalue weighted by atomic mass is 16.5. The van der Waals surface area contributed by atoms with E-state index in [1.807, 2.05) is 50.5 Å². The lowest BCUT2D eigenvalue weighted by Gasteiger charge is -2.20. The number of allylic oxidation sites excluding steroid dienone is 4. The first kappa shape index (κ1) is 24.9. The van der Waals surface area contributed by atoms with Crippen LogP contribution in [0.25, 0.3) is 11.1 Å². The van der Waals surface area contributed by atoms with E-state index in [-0.39, 0.29) is 0 Å². The summed E-state index contributed by atoms with van der Waals surface area (Å²) >= 11 is 0. The second kappa shape index (κ2) is 11.0. The van der Waals surface area contributed by atoms with Crippen LogP contribution >= 0.6 is 0 Å². The van der Waals surface area contributed by atoms with Gasteiger partial charge in [-0.2, -0.15) is 0 Å². The van der Waals surface area contributed by atoms with Crippen LogP contribution in [0.15, 0.2) is 85.0 Å². The molecule has 0 amide bonds. The lowest BCUT2D eigenvalue weighted by molar-refractivity contribution is -0.462. The van der Waals surface area contributed by atoms with E-state index in [1.54, 1.807) is 28.4 Å². The molecule has 4 rings (SSSR count). The van der Waals surface area contributed by atoms with Crippen LogP contribution in [0.4, 0.5) is 0 Å². The number of rotatable bonds is 6. The molecule has 5 heteroatoms. The zero-order valence-corrected chi connectivity index (χ0v) is 21.7. The predicted octanol–water partition coefficient (Wildman–Crippen LogP) is 3.96. The first-order valence-electron chi connectivity index (χ1n) is 11.7.